The number of nitrogens with one attached hydrogen (secondary N) is 1. The summed E-state index contributed by atoms with van der Waals surface area (Å²) in [5.41, 5.74) is 0. The van der Waals surface area contributed by atoms with Crippen molar-refractivity contribution in [2.45, 2.75) is 42.4 Å². The smallest absolute Gasteiger partial charge is 0.243 e. The number of aromatic nitrogens is 2. The lowest BCUT2D eigenvalue weighted by Gasteiger charge is -2.09. The van der Waals surface area contributed by atoms with Gasteiger partial charge in [-0.1, -0.05) is 30.1 Å². The zero-order valence-electron chi connectivity index (χ0n) is 11.7. The normalized spacial score (nSPS) is 19.4. The Balaban J connectivity index is 1.61. The van der Waals surface area contributed by atoms with Gasteiger partial charge in [-0.05, 0) is 47.4 Å². The van der Waals surface area contributed by atoms with Crippen LogP contribution in [-0.4, -0.2) is 16.7 Å². The maximum absolute atomic E-state index is 5.43. The maximum atomic E-state index is 5.43. The van der Waals surface area contributed by atoms with Gasteiger partial charge < -0.3 is 9.84 Å². The van der Waals surface area contributed by atoms with Gasteiger partial charge in [0.15, 0.2) is 5.82 Å². The van der Waals surface area contributed by atoms with E-state index in [1.54, 1.807) is 11.8 Å². The molecule has 112 valence electrons. The van der Waals surface area contributed by atoms with Gasteiger partial charge in [-0.2, -0.15) is 4.98 Å². The molecule has 0 spiro atoms. The van der Waals surface area contributed by atoms with Gasteiger partial charge in [0.05, 0.1) is 11.8 Å². The van der Waals surface area contributed by atoms with Crippen molar-refractivity contribution in [1.82, 2.24) is 15.5 Å². The van der Waals surface area contributed by atoms with Crippen LogP contribution in [0.1, 0.15) is 43.4 Å². The van der Waals surface area contributed by atoms with Crippen LogP contribution < -0.4 is 5.32 Å². The monoisotopic (exact) mass is 367 g/mol. The average molecular weight is 368 g/mol. The summed E-state index contributed by atoms with van der Waals surface area (Å²) >= 11 is 5.26. The zero-order valence-corrected chi connectivity index (χ0v) is 14.1. The van der Waals surface area contributed by atoms with Crippen LogP contribution in [-0.2, 0) is 5.75 Å². The summed E-state index contributed by atoms with van der Waals surface area (Å²) in [5, 5.41) is 7.59. The highest BCUT2D eigenvalue weighted by Crippen LogP contribution is 2.29. The minimum Gasteiger partial charge on any atom is -0.338 e. The van der Waals surface area contributed by atoms with Crippen molar-refractivity contribution in [2.24, 2.45) is 0 Å². The molecule has 1 aromatic carbocycles. The molecule has 3 rings (SSSR count). The summed E-state index contributed by atoms with van der Waals surface area (Å²) < 4.78 is 6.53. The fraction of sp³-hybridized carbons (Fsp3) is 0.467. The van der Waals surface area contributed by atoms with E-state index in [-0.39, 0.29) is 6.04 Å². The first-order valence-corrected chi connectivity index (χ1v) is 9.04. The molecule has 2 heterocycles. The predicted molar refractivity (Wildman–Crippen MR) is 87.2 cm³/mol. The third-order valence-corrected chi connectivity index (χ3v) is 5.56. The minimum atomic E-state index is 0.224. The van der Waals surface area contributed by atoms with Crippen molar-refractivity contribution < 1.29 is 4.52 Å². The van der Waals surface area contributed by atoms with Gasteiger partial charge in [-0.15, -0.1) is 11.8 Å². The van der Waals surface area contributed by atoms with E-state index in [0.29, 0.717) is 0 Å². The van der Waals surface area contributed by atoms with E-state index in [0.717, 1.165) is 34.9 Å². The van der Waals surface area contributed by atoms with E-state index in [4.69, 9.17) is 4.52 Å². The van der Waals surface area contributed by atoms with Gasteiger partial charge >= 0.3 is 0 Å². The van der Waals surface area contributed by atoms with Gasteiger partial charge in [0.2, 0.25) is 5.89 Å². The molecule has 1 saturated heterocycles. The van der Waals surface area contributed by atoms with E-state index >= 15 is 0 Å². The van der Waals surface area contributed by atoms with E-state index in [2.05, 4.69) is 37.5 Å². The van der Waals surface area contributed by atoms with Gasteiger partial charge in [-0.25, -0.2) is 0 Å². The van der Waals surface area contributed by atoms with Crippen LogP contribution in [0.25, 0.3) is 0 Å². The standard InChI is InChI=1S/C15H18BrN3OS/c16-11-6-3-4-8-13(11)21-10-14-18-15(20-19-14)12-7-2-1-5-9-17-12/h3-4,6,8,12,17H,1-2,5,7,9-10H2. The lowest BCUT2D eigenvalue weighted by Crippen LogP contribution is -2.20. The van der Waals surface area contributed by atoms with Crippen LogP contribution >= 0.6 is 27.7 Å². The number of halogens is 1. The molecular weight excluding hydrogens is 350 g/mol. The maximum Gasteiger partial charge on any atom is 0.243 e. The first-order chi connectivity index (χ1) is 10.3. The second kappa shape index (κ2) is 7.42. The summed E-state index contributed by atoms with van der Waals surface area (Å²) in [6.45, 7) is 1.04. The van der Waals surface area contributed by atoms with E-state index in [9.17, 15) is 0 Å². The van der Waals surface area contributed by atoms with Crippen molar-refractivity contribution >= 4 is 27.7 Å². The highest BCUT2D eigenvalue weighted by molar-refractivity contribution is 9.10. The first-order valence-electron chi connectivity index (χ1n) is 7.26. The molecule has 0 bridgehead atoms. The summed E-state index contributed by atoms with van der Waals surface area (Å²) in [5.74, 6) is 2.22. The van der Waals surface area contributed by atoms with Crippen LogP contribution in [0.4, 0.5) is 0 Å². The van der Waals surface area contributed by atoms with E-state index in [1.165, 1.54) is 24.2 Å². The molecule has 6 heteroatoms. The fourth-order valence-corrected chi connectivity index (χ4v) is 3.82. The molecule has 4 nitrogen and oxygen atoms in total. The molecule has 0 saturated carbocycles. The Bertz CT molecular complexity index is 582. The Kier molecular flexibility index (Phi) is 5.32. The molecule has 1 aliphatic heterocycles. The largest absolute Gasteiger partial charge is 0.338 e. The van der Waals surface area contributed by atoms with Crippen molar-refractivity contribution in [1.29, 1.82) is 0 Å². The number of rotatable bonds is 4. The quantitative estimate of drug-likeness (QED) is 0.814. The number of hydrogen-bond acceptors (Lipinski definition) is 5. The fourth-order valence-electron chi connectivity index (χ4n) is 2.41. The Morgan fingerprint density at radius 3 is 3.10 bits per heavy atom. The third-order valence-electron chi connectivity index (χ3n) is 3.54. The molecule has 1 N–H and O–H groups in total. The number of thioether (sulfide) groups is 1. The van der Waals surface area contributed by atoms with Crippen LogP contribution in [0.2, 0.25) is 0 Å². The lowest BCUT2D eigenvalue weighted by atomic mass is 10.1. The van der Waals surface area contributed by atoms with Crippen molar-refractivity contribution in [2.75, 3.05) is 6.54 Å². The Morgan fingerprint density at radius 1 is 1.29 bits per heavy atom. The average Bonchev–Trinajstić information content (AvgIpc) is 2.80. The molecule has 2 aromatic rings. The number of hydrogen-bond donors (Lipinski definition) is 1. The van der Waals surface area contributed by atoms with Crippen LogP contribution in [0, 0.1) is 0 Å². The summed E-state index contributed by atoms with van der Waals surface area (Å²) in [6.07, 6.45) is 4.82. The first kappa shape index (κ1) is 15.1. The summed E-state index contributed by atoms with van der Waals surface area (Å²) in [7, 11) is 0. The number of benzene rings is 1. The molecule has 0 radical (unpaired) electrons. The summed E-state index contributed by atoms with van der Waals surface area (Å²) in [4.78, 5) is 5.74. The zero-order chi connectivity index (χ0) is 14.5. The Hall–Kier alpha value is -0.850. The minimum absolute atomic E-state index is 0.224. The van der Waals surface area contributed by atoms with Crippen LogP contribution in [0.5, 0.6) is 0 Å². The van der Waals surface area contributed by atoms with Crippen molar-refractivity contribution in [3.63, 3.8) is 0 Å². The molecule has 1 unspecified atom stereocenters. The molecule has 0 amide bonds. The van der Waals surface area contributed by atoms with Gasteiger partial charge in [0.1, 0.15) is 0 Å². The topological polar surface area (TPSA) is 51.0 Å². The lowest BCUT2D eigenvalue weighted by molar-refractivity contribution is 0.325. The number of nitrogens with zero attached hydrogens (tertiary/aromatic N) is 2. The van der Waals surface area contributed by atoms with Gasteiger partial charge in [0.25, 0.3) is 0 Å². The Labute approximate surface area is 137 Å². The van der Waals surface area contributed by atoms with E-state index < -0.39 is 0 Å². The molecule has 1 aliphatic rings. The molecule has 1 aromatic heterocycles. The van der Waals surface area contributed by atoms with Gasteiger partial charge in [-0.3, -0.25) is 0 Å². The predicted octanol–water partition coefficient (Wildman–Crippen LogP) is 4.33. The molecule has 0 aliphatic carbocycles. The molecular formula is C15H18BrN3OS. The third kappa shape index (κ3) is 4.08. The molecule has 1 fully saturated rings. The highest BCUT2D eigenvalue weighted by Gasteiger charge is 2.20. The molecule has 21 heavy (non-hydrogen) atoms. The van der Waals surface area contributed by atoms with Gasteiger partial charge in [0, 0.05) is 9.37 Å². The van der Waals surface area contributed by atoms with E-state index in [1.807, 2.05) is 18.2 Å². The SMILES string of the molecule is Brc1ccccc1SCc1noc(C2CCCCCN2)n1. The second-order valence-electron chi connectivity index (χ2n) is 5.12. The van der Waals surface area contributed by atoms with Crippen LogP contribution in [0.15, 0.2) is 38.2 Å². The molecule has 1 atom stereocenters. The summed E-state index contributed by atoms with van der Waals surface area (Å²) in [6, 6.07) is 8.40. The Morgan fingerprint density at radius 2 is 2.19 bits per heavy atom. The van der Waals surface area contributed by atoms with Crippen molar-refractivity contribution in [3.05, 3.63) is 40.5 Å². The van der Waals surface area contributed by atoms with Crippen molar-refractivity contribution in [3.8, 4) is 0 Å². The highest BCUT2D eigenvalue weighted by atomic mass is 79.9. The second-order valence-corrected chi connectivity index (χ2v) is 7.00. The van der Waals surface area contributed by atoms with Crippen LogP contribution in [0.3, 0.4) is 0 Å².